The lowest BCUT2D eigenvalue weighted by Gasteiger charge is -2.25. The number of halogens is 3. The van der Waals surface area contributed by atoms with Crippen molar-refractivity contribution in [2.45, 2.75) is 23.5 Å². The molecule has 1 aromatic heterocycles. The molecule has 1 saturated heterocycles. The highest BCUT2D eigenvalue weighted by molar-refractivity contribution is 7.15. The maximum absolute atomic E-state index is 13.3. The topological polar surface area (TPSA) is 61.8 Å². The van der Waals surface area contributed by atoms with Crippen molar-refractivity contribution >= 4 is 40.4 Å². The molecule has 3 rings (SSSR count). The summed E-state index contributed by atoms with van der Waals surface area (Å²) < 4.78 is 18.7. The van der Waals surface area contributed by atoms with E-state index in [1.54, 1.807) is 23.5 Å². The van der Waals surface area contributed by atoms with Crippen LogP contribution in [0.2, 0.25) is 0 Å². The number of rotatable bonds is 8. The minimum Gasteiger partial charge on any atom is -0.386 e. The van der Waals surface area contributed by atoms with Gasteiger partial charge in [-0.05, 0) is 23.3 Å². The van der Waals surface area contributed by atoms with E-state index >= 15 is 0 Å². The normalized spacial score (nSPS) is 17.3. The molecular formula is C20H23Cl2FN2O3S. The zero-order chi connectivity index (χ0) is 20.8. The summed E-state index contributed by atoms with van der Waals surface area (Å²) in [4.78, 5) is 15.0. The van der Waals surface area contributed by atoms with Gasteiger partial charge in [-0.25, -0.2) is 4.39 Å². The minimum atomic E-state index is -1.32. The molecule has 1 aliphatic rings. The number of alkyl halides is 3. The predicted molar refractivity (Wildman–Crippen MR) is 114 cm³/mol. The lowest BCUT2D eigenvalue weighted by Crippen LogP contribution is -2.43. The van der Waals surface area contributed by atoms with Gasteiger partial charge in [-0.3, -0.25) is 9.69 Å². The molecule has 5 nitrogen and oxygen atoms in total. The Morgan fingerprint density at radius 1 is 1.21 bits per heavy atom. The summed E-state index contributed by atoms with van der Waals surface area (Å²) in [6, 6.07) is 10.3. The van der Waals surface area contributed by atoms with Crippen LogP contribution in [0.15, 0.2) is 36.4 Å². The van der Waals surface area contributed by atoms with Crippen LogP contribution in [0.3, 0.4) is 0 Å². The standard InChI is InChI=1S/C20H23Cl2FN2O3S/c21-19(22)20(27)24-16(11-23)18(26)14-3-1-13(2-4-14)17-6-5-15(29-17)12-25-7-9-28-10-8-25/h1-6,16,18-19,26H,7-12H2,(H,24,27)/t16-,18+/m1/s1. The number of carbonyl (C=O) groups excluding carboxylic acids is 1. The van der Waals surface area contributed by atoms with E-state index in [1.165, 1.54) is 4.88 Å². The third kappa shape index (κ3) is 6.13. The minimum absolute atomic E-state index is 0.502. The van der Waals surface area contributed by atoms with Gasteiger partial charge < -0.3 is 15.2 Å². The summed E-state index contributed by atoms with van der Waals surface area (Å²) in [6.45, 7) is 3.41. The zero-order valence-electron chi connectivity index (χ0n) is 15.7. The van der Waals surface area contributed by atoms with E-state index in [4.69, 9.17) is 27.9 Å². The molecule has 2 N–H and O–H groups in total. The van der Waals surface area contributed by atoms with Crippen LogP contribution in [0.5, 0.6) is 0 Å². The molecule has 2 atom stereocenters. The summed E-state index contributed by atoms with van der Waals surface area (Å²) in [5.41, 5.74) is 1.52. The Kier molecular flexibility index (Phi) is 8.29. The van der Waals surface area contributed by atoms with Gasteiger partial charge in [0, 0.05) is 29.4 Å². The lowest BCUT2D eigenvalue weighted by atomic mass is 10.0. The monoisotopic (exact) mass is 460 g/mol. The average Bonchev–Trinajstić information content (AvgIpc) is 3.20. The Hall–Kier alpha value is -1.22. The van der Waals surface area contributed by atoms with Crippen LogP contribution < -0.4 is 5.32 Å². The number of nitrogens with zero attached hydrogens (tertiary/aromatic N) is 1. The number of ether oxygens (including phenoxy) is 1. The van der Waals surface area contributed by atoms with Gasteiger partial charge in [0.1, 0.15) is 12.8 Å². The highest BCUT2D eigenvalue weighted by Gasteiger charge is 2.25. The SMILES string of the molecule is O=C(N[C@H](CF)[C@@H](O)c1ccc(-c2ccc(CN3CCOCC3)s2)cc1)C(Cl)Cl. The Morgan fingerprint density at radius 2 is 1.90 bits per heavy atom. The molecule has 1 fully saturated rings. The fourth-order valence-corrected chi connectivity index (χ4v) is 4.30. The maximum Gasteiger partial charge on any atom is 0.253 e. The quantitative estimate of drug-likeness (QED) is 0.591. The molecule has 0 radical (unpaired) electrons. The Morgan fingerprint density at radius 3 is 2.52 bits per heavy atom. The molecule has 9 heteroatoms. The molecule has 1 aromatic carbocycles. The number of carbonyl (C=O) groups is 1. The lowest BCUT2D eigenvalue weighted by molar-refractivity contribution is -0.121. The van der Waals surface area contributed by atoms with Gasteiger partial charge in [-0.2, -0.15) is 0 Å². The highest BCUT2D eigenvalue weighted by atomic mass is 35.5. The van der Waals surface area contributed by atoms with Crippen molar-refractivity contribution < 1.29 is 19.0 Å². The summed E-state index contributed by atoms with van der Waals surface area (Å²) in [5.74, 6) is -0.738. The average molecular weight is 461 g/mol. The van der Waals surface area contributed by atoms with Crippen LogP contribution in [0.25, 0.3) is 10.4 Å². The van der Waals surface area contributed by atoms with Crippen molar-refractivity contribution in [1.29, 1.82) is 0 Å². The van der Waals surface area contributed by atoms with E-state index in [1.807, 2.05) is 12.1 Å². The number of aliphatic hydroxyl groups is 1. The van der Waals surface area contributed by atoms with Crippen molar-refractivity contribution in [2.24, 2.45) is 0 Å². The van der Waals surface area contributed by atoms with E-state index < -0.39 is 29.6 Å². The van der Waals surface area contributed by atoms with Crippen LogP contribution in [0, 0.1) is 0 Å². The Bertz CT molecular complexity index is 797. The number of hydrogen-bond acceptors (Lipinski definition) is 5. The zero-order valence-corrected chi connectivity index (χ0v) is 18.0. The summed E-state index contributed by atoms with van der Waals surface area (Å²) in [6.07, 6.45) is -1.20. The van der Waals surface area contributed by atoms with Gasteiger partial charge in [0.2, 0.25) is 0 Å². The van der Waals surface area contributed by atoms with Crippen LogP contribution in [-0.2, 0) is 16.1 Å². The largest absolute Gasteiger partial charge is 0.386 e. The second-order valence-corrected chi connectivity index (χ2v) is 9.06. The van der Waals surface area contributed by atoms with E-state index in [0.717, 1.165) is 43.3 Å². The fourth-order valence-electron chi connectivity index (χ4n) is 3.12. The maximum atomic E-state index is 13.3. The first-order valence-electron chi connectivity index (χ1n) is 9.29. The number of benzene rings is 1. The van der Waals surface area contributed by atoms with Gasteiger partial charge in [0.25, 0.3) is 5.91 Å². The third-order valence-corrected chi connectivity index (χ3v) is 6.27. The Balaban J connectivity index is 1.64. The molecule has 158 valence electrons. The molecule has 0 saturated carbocycles. The first-order valence-corrected chi connectivity index (χ1v) is 11.0. The number of amides is 1. The van der Waals surface area contributed by atoms with Gasteiger partial charge in [-0.1, -0.05) is 47.5 Å². The van der Waals surface area contributed by atoms with Gasteiger partial charge >= 0.3 is 0 Å². The molecule has 0 bridgehead atoms. The van der Waals surface area contributed by atoms with Crippen LogP contribution >= 0.6 is 34.5 Å². The molecule has 0 spiro atoms. The summed E-state index contributed by atoms with van der Waals surface area (Å²) in [5, 5.41) is 12.7. The van der Waals surface area contributed by atoms with E-state index in [0.29, 0.717) is 5.56 Å². The molecular weight excluding hydrogens is 438 g/mol. The fraction of sp³-hybridized carbons (Fsp3) is 0.450. The predicted octanol–water partition coefficient (Wildman–Crippen LogP) is 3.54. The van der Waals surface area contributed by atoms with Gasteiger partial charge in [0.15, 0.2) is 4.84 Å². The molecule has 1 aliphatic heterocycles. The molecule has 1 amide bonds. The molecule has 2 heterocycles. The highest BCUT2D eigenvalue weighted by Crippen LogP contribution is 2.30. The smallest absolute Gasteiger partial charge is 0.253 e. The van der Waals surface area contributed by atoms with Crippen molar-refractivity contribution in [3.8, 4) is 10.4 Å². The van der Waals surface area contributed by atoms with E-state index in [-0.39, 0.29) is 0 Å². The first kappa shape index (κ1) is 22.5. The number of thiophene rings is 1. The summed E-state index contributed by atoms with van der Waals surface area (Å²) >= 11 is 12.7. The van der Waals surface area contributed by atoms with Crippen LogP contribution in [-0.4, -0.2) is 59.8 Å². The van der Waals surface area contributed by atoms with E-state index in [9.17, 15) is 14.3 Å². The van der Waals surface area contributed by atoms with Crippen molar-refractivity contribution in [3.05, 3.63) is 46.8 Å². The van der Waals surface area contributed by atoms with Crippen molar-refractivity contribution in [3.63, 3.8) is 0 Å². The van der Waals surface area contributed by atoms with Gasteiger partial charge in [0.05, 0.1) is 19.3 Å². The van der Waals surface area contributed by atoms with Gasteiger partial charge in [-0.15, -0.1) is 11.3 Å². The van der Waals surface area contributed by atoms with Crippen LogP contribution in [0.1, 0.15) is 16.5 Å². The second kappa shape index (κ2) is 10.7. The second-order valence-electron chi connectivity index (χ2n) is 6.79. The Labute approximate surface area is 183 Å². The van der Waals surface area contributed by atoms with E-state index in [2.05, 4.69) is 22.3 Å². The molecule has 0 unspecified atom stereocenters. The summed E-state index contributed by atoms with van der Waals surface area (Å²) in [7, 11) is 0. The first-order chi connectivity index (χ1) is 14.0. The van der Waals surface area contributed by atoms with Crippen molar-refractivity contribution in [1.82, 2.24) is 10.2 Å². The molecule has 29 heavy (non-hydrogen) atoms. The van der Waals surface area contributed by atoms with Crippen molar-refractivity contribution in [2.75, 3.05) is 33.0 Å². The molecule has 0 aliphatic carbocycles. The number of morpholine rings is 1. The third-order valence-electron chi connectivity index (χ3n) is 4.75. The van der Waals surface area contributed by atoms with Crippen LogP contribution in [0.4, 0.5) is 4.39 Å². The molecule has 2 aromatic rings. The number of aliphatic hydroxyl groups excluding tert-OH is 1. The number of nitrogens with one attached hydrogen (secondary N) is 1. The number of hydrogen-bond donors (Lipinski definition) is 2.